The first-order valence-corrected chi connectivity index (χ1v) is 12.6. The molecule has 0 N–H and O–H groups in total. The first kappa shape index (κ1) is 7.54. The van der Waals surface area contributed by atoms with Gasteiger partial charge >= 0.3 is 58.0 Å². The zero-order chi connectivity index (χ0) is 5.98. The summed E-state index contributed by atoms with van der Waals surface area (Å²) in [5.74, 6) is 0. The number of rotatable bonds is 1. The van der Waals surface area contributed by atoms with E-state index in [-0.39, 0.29) is 4.80 Å². The Morgan fingerprint density at radius 2 is 1.75 bits per heavy atom. The van der Waals surface area contributed by atoms with Crippen LogP contribution < -0.4 is 0 Å². The van der Waals surface area contributed by atoms with Gasteiger partial charge in [0.2, 0.25) is 0 Å². The van der Waals surface area contributed by atoms with Crippen LogP contribution in [0.25, 0.3) is 0 Å². The van der Waals surface area contributed by atoms with E-state index in [0.717, 1.165) is 13.2 Å². The van der Waals surface area contributed by atoms with Gasteiger partial charge in [0.05, 0.1) is 0 Å². The van der Waals surface area contributed by atoms with E-state index in [2.05, 4.69) is 15.0 Å². The minimum atomic E-state index is -1.07. The molecule has 0 aromatic rings. The predicted octanol–water partition coefficient (Wildman–Crippen LogP) is 0.515. The molecule has 52 valence electrons. The van der Waals surface area contributed by atoms with Crippen LogP contribution in [-0.2, 0) is 25.0 Å². The van der Waals surface area contributed by atoms with Crippen molar-refractivity contribution in [1.29, 1.82) is 0 Å². The van der Waals surface area contributed by atoms with Gasteiger partial charge in [0.1, 0.15) is 0 Å². The van der Waals surface area contributed by atoms with Crippen LogP contribution >= 0.6 is 15.0 Å². The van der Waals surface area contributed by atoms with Crippen molar-refractivity contribution < 1.29 is 25.0 Å². The van der Waals surface area contributed by atoms with Crippen molar-refractivity contribution in [3.63, 3.8) is 0 Å². The molecule has 0 spiro atoms. The third-order valence-electron chi connectivity index (χ3n) is 0.748. The first-order chi connectivity index (χ1) is 3.80. The van der Waals surface area contributed by atoms with E-state index in [1.165, 1.54) is 0 Å². The quantitative estimate of drug-likeness (QED) is 0.652. The average Bonchev–Trinajstić information content (AvgIpc) is 2.12. The van der Waals surface area contributed by atoms with Gasteiger partial charge in [-0.15, -0.1) is 0 Å². The summed E-state index contributed by atoms with van der Waals surface area (Å²) >= 11 is -1.07. The van der Waals surface area contributed by atoms with Crippen molar-refractivity contribution in [2.75, 3.05) is 13.2 Å². The second-order valence-electron chi connectivity index (χ2n) is 1.33. The average molecular weight is 331 g/mol. The van der Waals surface area contributed by atoms with Gasteiger partial charge in [-0.25, -0.2) is 0 Å². The molecule has 0 saturated carbocycles. The van der Waals surface area contributed by atoms with Crippen molar-refractivity contribution in [3.8, 4) is 0 Å². The summed E-state index contributed by atoms with van der Waals surface area (Å²) in [7, 11) is 5.56. The maximum absolute atomic E-state index is 5.22. The second kappa shape index (κ2) is 3.56. The van der Waals surface area contributed by atoms with Gasteiger partial charge in [0, 0.05) is 0 Å². The molecule has 1 aliphatic rings. The zero-order valence-corrected chi connectivity index (χ0v) is 9.00. The van der Waals surface area contributed by atoms with Crippen LogP contribution in [0.2, 0.25) is 0 Å². The van der Waals surface area contributed by atoms with Crippen LogP contribution in [0.3, 0.4) is 0 Å². The van der Waals surface area contributed by atoms with Crippen LogP contribution in [0.15, 0.2) is 0 Å². The maximum atomic E-state index is 5.22. The fourth-order valence-corrected chi connectivity index (χ4v) is 4.03. The SMILES string of the molecule is [PH2][Ir]([PH2])[CH]1OCCO1. The molecule has 2 nitrogen and oxygen atoms in total. The summed E-state index contributed by atoms with van der Waals surface area (Å²) in [5, 5.41) is 0. The summed E-state index contributed by atoms with van der Waals surface area (Å²) in [6.07, 6.45) is 0. The summed E-state index contributed by atoms with van der Waals surface area (Å²) < 4.78 is 10.4. The molecule has 1 aliphatic heterocycles. The molecule has 1 rings (SSSR count). The van der Waals surface area contributed by atoms with E-state index in [1.54, 1.807) is 0 Å². The Bertz CT molecular complexity index is 73.7. The van der Waals surface area contributed by atoms with E-state index >= 15 is 0 Å². The topological polar surface area (TPSA) is 18.5 Å². The van der Waals surface area contributed by atoms with Gasteiger partial charge in [-0.1, -0.05) is 0 Å². The van der Waals surface area contributed by atoms with Crippen LogP contribution in [0.4, 0.5) is 0 Å². The Morgan fingerprint density at radius 1 is 1.25 bits per heavy atom. The molecule has 0 aliphatic carbocycles. The van der Waals surface area contributed by atoms with E-state index in [1.807, 2.05) is 0 Å². The van der Waals surface area contributed by atoms with Gasteiger partial charge in [0.25, 0.3) is 0 Å². The molecule has 0 aromatic carbocycles. The monoisotopic (exact) mass is 332 g/mol. The molecule has 0 radical (unpaired) electrons. The van der Waals surface area contributed by atoms with E-state index < -0.39 is 15.5 Å². The van der Waals surface area contributed by atoms with Crippen LogP contribution in [0.1, 0.15) is 0 Å². The first-order valence-electron chi connectivity index (χ1n) is 2.13. The van der Waals surface area contributed by atoms with Gasteiger partial charge in [-0.05, 0) is 0 Å². The zero-order valence-electron chi connectivity index (χ0n) is 4.30. The van der Waals surface area contributed by atoms with Gasteiger partial charge in [-0.2, -0.15) is 0 Å². The Labute approximate surface area is 58.2 Å². The Hall–Kier alpha value is 1.43. The summed E-state index contributed by atoms with van der Waals surface area (Å²) in [6.45, 7) is 1.56. The molecule has 0 bridgehead atoms. The number of hydrogen-bond donors (Lipinski definition) is 0. The fraction of sp³-hybridized carbons (Fsp3) is 1.00. The van der Waals surface area contributed by atoms with Crippen molar-refractivity contribution >= 4 is 15.0 Å². The van der Waals surface area contributed by atoms with E-state index in [4.69, 9.17) is 9.47 Å². The standard InChI is InChI=1S/C3H5O2.Ir.2H2P/c1-2-5-3-4-1;;;/h3H,1-2H2;;2*1H2/q;+2;2*-1. The van der Waals surface area contributed by atoms with Crippen molar-refractivity contribution in [2.24, 2.45) is 0 Å². The van der Waals surface area contributed by atoms with Crippen molar-refractivity contribution in [1.82, 2.24) is 0 Å². The molecule has 0 aromatic heterocycles. The fourth-order valence-electron chi connectivity index (χ4n) is 0.447. The van der Waals surface area contributed by atoms with Crippen molar-refractivity contribution in [2.45, 2.75) is 4.80 Å². The van der Waals surface area contributed by atoms with Crippen LogP contribution in [0.5, 0.6) is 0 Å². The van der Waals surface area contributed by atoms with E-state index in [9.17, 15) is 0 Å². The second-order valence-corrected chi connectivity index (χ2v) is 15.8. The summed E-state index contributed by atoms with van der Waals surface area (Å²) in [6, 6.07) is 0. The van der Waals surface area contributed by atoms with Crippen molar-refractivity contribution in [3.05, 3.63) is 0 Å². The molecule has 1 heterocycles. The van der Waals surface area contributed by atoms with Crippen LogP contribution in [-0.4, -0.2) is 18.0 Å². The number of hydrogen-bond acceptors (Lipinski definition) is 2. The normalized spacial score (nSPS) is 24.0. The predicted molar refractivity (Wildman–Crippen MR) is 35.1 cm³/mol. The third kappa shape index (κ3) is 1.99. The number of ether oxygens (including phenoxy) is 2. The Kier molecular flexibility index (Phi) is 3.35. The van der Waals surface area contributed by atoms with Gasteiger partial charge < -0.3 is 0 Å². The van der Waals surface area contributed by atoms with Gasteiger partial charge in [-0.3, -0.25) is 0 Å². The third-order valence-corrected chi connectivity index (χ3v) is 5.82. The minimum absolute atomic E-state index is 0.157. The molecule has 1 fully saturated rings. The van der Waals surface area contributed by atoms with E-state index in [0.29, 0.717) is 0 Å². The summed E-state index contributed by atoms with van der Waals surface area (Å²) in [4.78, 5) is 0.157. The Morgan fingerprint density at radius 3 is 2.00 bits per heavy atom. The van der Waals surface area contributed by atoms with Gasteiger partial charge in [0.15, 0.2) is 0 Å². The van der Waals surface area contributed by atoms with Crippen LogP contribution in [0, 0.1) is 0 Å². The molecular formula is C3H9IrO2P2. The molecule has 8 heavy (non-hydrogen) atoms. The molecule has 5 heteroatoms. The molecule has 2 unspecified atom stereocenters. The molecule has 2 atom stereocenters. The molecular weight excluding hydrogens is 322 g/mol. The Balaban J connectivity index is 2.24. The summed E-state index contributed by atoms with van der Waals surface area (Å²) in [5.41, 5.74) is 0. The molecule has 0 amide bonds. The molecule has 1 saturated heterocycles.